The number of carbonyl (C=O) groups is 2. The van der Waals surface area contributed by atoms with Crippen LogP contribution in [0, 0.1) is 0 Å². The summed E-state index contributed by atoms with van der Waals surface area (Å²) in [7, 11) is 0. The van der Waals surface area contributed by atoms with E-state index in [1.54, 1.807) is 48.7 Å². The number of nitrogens with one attached hydrogen (secondary N) is 2. The van der Waals surface area contributed by atoms with Crippen molar-refractivity contribution in [2.45, 2.75) is 0 Å². The molecular formula is C21H16ClN3O3. The second kappa shape index (κ2) is 8.94. The molecule has 0 aliphatic carbocycles. The lowest BCUT2D eigenvalue weighted by atomic mass is 10.1. The van der Waals surface area contributed by atoms with E-state index in [-0.39, 0.29) is 5.91 Å². The maximum atomic E-state index is 12.6. The third-order valence-electron chi connectivity index (χ3n) is 3.85. The molecule has 140 valence electrons. The number of amides is 2. The van der Waals surface area contributed by atoms with Crippen molar-refractivity contribution in [3.63, 3.8) is 0 Å². The minimum absolute atomic E-state index is 0.309. The van der Waals surface area contributed by atoms with Gasteiger partial charge in [-0.1, -0.05) is 29.8 Å². The van der Waals surface area contributed by atoms with Gasteiger partial charge in [-0.25, -0.2) is 5.48 Å². The van der Waals surface area contributed by atoms with E-state index in [1.807, 2.05) is 18.2 Å². The number of nitrogens with zero attached hydrogens (tertiary/aromatic N) is 1. The van der Waals surface area contributed by atoms with Crippen LogP contribution in [-0.2, 0) is 4.79 Å². The number of hydrogen-bond donors (Lipinski definition) is 3. The van der Waals surface area contributed by atoms with E-state index in [2.05, 4.69) is 10.3 Å². The fourth-order valence-electron chi connectivity index (χ4n) is 2.52. The van der Waals surface area contributed by atoms with Crippen molar-refractivity contribution in [1.29, 1.82) is 0 Å². The predicted octanol–water partition coefficient (Wildman–Crippen LogP) is 4.17. The first kappa shape index (κ1) is 19.3. The second-order valence-corrected chi connectivity index (χ2v) is 6.21. The Morgan fingerprint density at radius 2 is 1.89 bits per heavy atom. The summed E-state index contributed by atoms with van der Waals surface area (Å²) in [6.07, 6.45) is 4.33. The highest BCUT2D eigenvalue weighted by Crippen LogP contribution is 2.29. The molecule has 0 saturated heterocycles. The van der Waals surface area contributed by atoms with Gasteiger partial charge in [0.25, 0.3) is 11.8 Å². The SMILES string of the molecule is O=C(C=Cc1cccc(C(=O)Nc2ccc(Cl)c(-c3ccccn3)c2)c1)NO. The third-order valence-corrected chi connectivity index (χ3v) is 4.18. The summed E-state index contributed by atoms with van der Waals surface area (Å²) in [4.78, 5) is 28.0. The molecule has 1 heterocycles. The van der Waals surface area contributed by atoms with Crippen molar-refractivity contribution >= 4 is 35.2 Å². The maximum Gasteiger partial charge on any atom is 0.267 e. The number of benzene rings is 2. The number of anilines is 1. The Morgan fingerprint density at radius 1 is 1.04 bits per heavy atom. The number of carbonyl (C=O) groups excluding carboxylic acids is 2. The molecule has 3 aromatic rings. The first-order chi connectivity index (χ1) is 13.6. The van der Waals surface area contributed by atoms with Gasteiger partial charge in [0.1, 0.15) is 0 Å². The lowest BCUT2D eigenvalue weighted by Crippen LogP contribution is -2.14. The van der Waals surface area contributed by atoms with Crippen LogP contribution in [0.3, 0.4) is 0 Å². The summed E-state index contributed by atoms with van der Waals surface area (Å²) < 4.78 is 0. The average molecular weight is 394 g/mol. The molecule has 0 aliphatic rings. The fourth-order valence-corrected chi connectivity index (χ4v) is 2.73. The molecule has 28 heavy (non-hydrogen) atoms. The number of rotatable bonds is 5. The molecule has 0 aliphatic heterocycles. The molecule has 6 nitrogen and oxygen atoms in total. The van der Waals surface area contributed by atoms with Crippen molar-refractivity contribution in [2.24, 2.45) is 0 Å². The number of aromatic nitrogens is 1. The Kier molecular flexibility index (Phi) is 6.16. The molecule has 2 aromatic carbocycles. The van der Waals surface area contributed by atoms with E-state index >= 15 is 0 Å². The van der Waals surface area contributed by atoms with Crippen LogP contribution in [0.4, 0.5) is 5.69 Å². The predicted molar refractivity (Wildman–Crippen MR) is 108 cm³/mol. The number of hydroxylamine groups is 1. The van der Waals surface area contributed by atoms with E-state index in [4.69, 9.17) is 16.8 Å². The van der Waals surface area contributed by atoms with Gasteiger partial charge >= 0.3 is 0 Å². The molecule has 3 rings (SSSR count). The molecule has 1 aromatic heterocycles. The van der Waals surface area contributed by atoms with E-state index in [1.165, 1.54) is 11.6 Å². The Morgan fingerprint density at radius 3 is 2.64 bits per heavy atom. The summed E-state index contributed by atoms with van der Waals surface area (Å²) in [6.45, 7) is 0. The summed E-state index contributed by atoms with van der Waals surface area (Å²) in [5, 5.41) is 11.9. The highest BCUT2D eigenvalue weighted by molar-refractivity contribution is 6.33. The lowest BCUT2D eigenvalue weighted by Gasteiger charge is -2.09. The van der Waals surface area contributed by atoms with Crippen molar-refractivity contribution in [3.05, 3.63) is 89.1 Å². The Bertz CT molecular complexity index is 1040. The van der Waals surface area contributed by atoms with Gasteiger partial charge in [0.2, 0.25) is 0 Å². The van der Waals surface area contributed by atoms with Gasteiger partial charge in [-0.05, 0) is 54.1 Å². The third kappa shape index (κ3) is 4.82. The largest absolute Gasteiger partial charge is 0.322 e. The second-order valence-electron chi connectivity index (χ2n) is 5.80. The number of halogens is 1. The van der Waals surface area contributed by atoms with Crippen LogP contribution in [-0.4, -0.2) is 22.0 Å². The molecule has 0 unspecified atom stereocenters. The smallest absolute Gasteiger partial charge is 0.267 e. The van der Waals surface area contributed by atoms with E-state index < -0.39 is 5.91 Å². The normalized spacial score (nSPS) is 10.6. The molecule has 0 radical (unpaired) electrons. The van der Waals surface area contributed by atoms with Crippen LogP contribution in [0.5, 0.6) is 0 Å². The first-order valence-corrected chi connectivity index (χ1v) is 8.69. The van der Waals surface area contributed by atoms with Gasteiger partial charge in [-0.3, -0.25) is 19.8 Å². The van der Waals surface area contributed by atoms with Gasteiger partial charge in [-0.15, -0.1) is 0 Å². The standard InChI is InChI=1S/C21H16ClN3O3/c22-18-9-8-16(13-17(18)19-6-1-2-11-23-19)24-21(27)15-5-3-4-14(12-15)7-10-20(26)25-28/h1-13,28H,(H,24,27)(H,25,26). The van der Waals surface area contributed by atoms with Crippen LogP contribution >= 0.6 is 11.6 Å². The van der Waals surface area contributed by atoms with Crippen molar-refractivity contribution in [3.8, 4) is 11.3 Å². The highest BCUT2D eigenvalue weighted by Gasteiger charge is 2.10. The van der Waals surface area contributed by atoms with Crippen LogP contribution in [0.2, 0.25) is 5.02 Å². The Hall–Kier alpha value is -3.48. The van der Waals surface area contributed by atoms with E-state index in [0.29, 0.717) is 33.1 Å². The molecule has 0 spiro atoms. The first-order valence-electron chi connectivity index (χ1n) is 8.31. The Balaban J connectivity index is 1.80. The maximum absolute atomic E-state index is 12.6. The van der Waals surface area contributed by atoms with Gasteiger partial charge in [0, 0.05) is 29.1 Å². The van der Waals surface area contributed by atoms with Crippen molar-refractivity contribution in [1.82, 2.24) is 10.5 Å². The fraction of sp³-hybridized carbons (Fsp3) is 0. The monoisotopic (exact) mass is 393 g/mol. The van der Waals surface area contributed by atoms with Gasteiger partial charge in [0.15, 0.2) is 0 Å². The topological polar surface area (TPSA) is 91.3 Å². The highest BCUT2D eigenvalue weighted by atomic mass is 35.5. The number of pyridine rings is 1. The quantitative estimate of drug-likeness (QED) is 0.344. The van der Waals surface area contributed by atoms with E-state index in [0.717, 1.165) is 6.08 Å². The summed E-state index contributed by atoms with van der Waals surface area (Å²) in [5.41, 5.74) is 4.57. The van der Waals surface area contributed by atoms with Gasteiger partial charge in [-0.2, -0.15) is 0 Å². The molecule has 2 amide bonds. The lowest BCUT2D eigenvalue weighted by molar-refractivity contribution is -0.124. The Labute approximate surface area is 166 Å². The van der Waals surface area contributed by atoms with E-state index in [9.17, 15) is 9.59 Å². The van der Waals surface area contributed by atoms with Gasteiger partial charge < -0.3 is 5.32 Å². The van der Waals surface area contributed by atoms with Crippen LogP contribution in [0.1, 0.15) is 15.9 Å². The molecular weight excluding hydrogens is 378 g/mol. The zero-order valence-corrected chi connectivity index (χ0v) is 15.4. The summed E-state index contributed by atoms with van der Waals surface area (Å²) >= 11 is 6.27. The summed E-state index contributed by atoms with van der Waals surface area (Å²) in [6, 6.07) is 17.4. The number of hydrogen-bond acceptors (Lipinski definition) is 4. The molecule has 3 N–H and O–H groups in total. The average Bonchev–Trinajstić information content (AvgIpc) is 2.74. The van der Waals surface area contributed by atoms with Crippen LogP contribution in [0.25, 0.3) is 17.3 Å². The van der Waals surface area contributed by atoms with Crippen LogP contribution < -0.4 is 10.8 Å². The zero-order valence-electron chi connectivity index (χ0n) is 14.6. The zero-order chi connectivity index (χ0) is 19.9. The molecule has 0 bridgehead atoms. The van der Waals surface area contributed by atoms with Crippen molar-refractivity contribution < 1.29 is 14.8 Å². The minimum atomic E-state index is -0.655. The molecule has 0 atom stereocenters. The van der Waals surface area contributed by atoms with Crippen molar-refractivity contribution in [2.75, 3.05) is 5.32 Å². The van der Waals surface area contributed by atoms with Gasteiger partial charge in [0.05, 0.1) is 10.7 Å². The molecule has 7 heteroatoms. The minimum Gasteiger partial charge on any atom is -0.322 e. The van der Waals surface area contributed by atoms with Crippen LogP contribution in [0.15, 0.2) is 72.9 Å². The summed E-state index contributed by atoms with van der Waals surface area (Å²) in [5.74, 6) is -0.964. The molecule has 0 fully saturated rings. The molecule has 0 saturated carbocycles.